The number of thioether (sulfide) groups is 2. The molecule has 0 bridgehead atoms. The predicted molar refractivity (Wildman–Crippen MR) is 90.2 cm³/mol. The topological polar surface area (TPSA) is 69.8 Å². The van der Waals surface area contributed by atoms with Crippen LogP contribution in [0.3, 0.4) is 0 Å². The summed E-state index contributed by atoms with van der Waals surface area (Å²) >= 11 is 6.02. The molecule has 114 valence electrons. The van der Waals surface area contributed by atoms with Gasteiger partial charge >= 0.3 is 0 Å². The molecule has 0 saturated carbocycles. The highest BCUT2D eigenvalue weighted by atomic mass is 79.9. The Labute approximate surface area is 139 Å². The predicted octanol–water partition coefficient (Wildman–Crippen LogP) is 1.77. The first-order valence-corrected chi connectivity index (χ1v) is 8.98. The number of rotatable bonds is 2. The third-order valence-electron chi connectivity index (χ3n) is 2.47. The van der Waals surface area contributed by atoms with Gasteiger partial charge in [0.05, 0.1) is 0 Å². The number of hydrogen-bond donors (Lipinski definition) is 0. The molecule has 0 amide bonds. The van der Waals surface area contributed by atoms with E-state index in [1.807, 2.05) is 12.5 Å². The molecule has 2 aromatic rings. The van der Waals surface area contributed by atoms with Crippen molar-refractivity contribution in [2.24, 2.45) is 14.1 Å². The Morgan fingerprint density at radius 3 is 2.14 bits per heavy atom. The largest absolute Gasteiger partial charge is 0.291 e. The number of halogens is 1. The van der Waals surface area contributed by atoms with Crippen molar-refractivity contribution in [1.82, 2.24) is 19.1 Å². The molecule has 0 atom stereocenters. The van der Waals surface area contributed by atoms with E-state index in [4.69, 9.17) is 0 Å². The summed E-state index contributed by atoms with van der Waals surface area (Å²) in [6, 6.07) is 1.44. The van der Waals surface area contributed by atoms with Gasteiger partial charge in [0.2, 0.25) is 0 Å². The van der Waals surface area contributed by atoms with E-state index >= 15 is 0 Å². The van der Waals surface area contributed by atoms with Crippen molar-refractivity contribution in [2.45, 2.75) is 10.3 Å². The van der Waals surface area contributed by atoms with Gasteiger partial charge in [-0.15, -0.1) is 0 Å². The van der Waals surface area contributed by atoms with Crippen molar-refractivity contribution in [3.05, 3.63) is 43.6 Å². The van der Waals surface area contributed by atoms with Gasteiger partial charge in [0.15, 0.2) is 10.3 Å². The molecular formula is C12H15BrN4O2S2. The molecule has 0 fully saturated rings. The summed E-state index contributed by atoms with van der Waals surface area (Å²) in [5.74, 6) is 0. The van der Waals surface area contributed by atoms with Crippen LogP contribution in [0.4, 0.5) is 0 Å². The molecule has 0 unspecified atom stereocenters. The Hall–Kier alpha value is -1.06. The maximum atomic E-state index is 11.2. The summed E-state index contributed by atoms with van der Waals surface area (Å²) in [6.45, 7) is 0. The Morgan fingerprint density at radius 1 is 1.05 bits per heavy atom. The molecule has 9 heteroatoms. The SMILES string of the molecule is CSc1ncc(Br)c(=O)n1C.CSc1nccc(=O)n1C. The van der Waals surface area contributed by atoms with Crippen LogP contribution in [0.1, 0.15) is 0 Å². The van der Waals surface area contributed by atoms with Gasteiger partial charge in [-0.25, -0.2) is 9.97 Å². The van der Waals surface area contributed by atoms with E-state index < -0.39 is 0 Å². The van der Waals surface area contributed by atoms with Gasteiger partial charge in [0.1, 0.15) is 4.47 Å². The summed E-state index contributed by atoms with van der Waals surface area (Å²) in [6.07, 6.45) is 6.82. The van der Waals surface area contributed by atoms with E-state index in [1.165, 1.54) is 51.1 Å². The van der Waals surface area contributed by atoms with Gasteiger partial charge in [-0.3, -0.25) is 18.7 Å². The number of nitrogens with zero attached hydrogens (tertiary/aromatic N) is 4. The molecule has 0 saturated heterocycles. The van der Waals surface area contributed by atoms with E-state index in [0.717, 1.165) is 10.3 Å². The van der Waals surface area contributed by atoms with Crippen LogP contribution < -0.4 is 11.1 Å². The minimum Gasteiger partial charge on any atom is -0.291 e. The lowest BCUT2D eigenvalue weighted by Crippen LogP contribution is -2.19. The van der Waals surface area contributed by atoms with Crippen molar-refractivity contribution < 1.29 is 0 Å². The first kappa shape index (κ1) is 18.0. The average Bonchev–Trinajstić information content (AvgIpc) is 2.49. The van der Waals surface area contributed by atoms with Gasteiger partial charge in [-0.2, -0.15) is 0 Å². The lowest BCUT2D eigenvalue weighted by molar-refractivity contribution is 0.704. The summed E-state index contributed by atoms with van der Waals surface area (Å²) in [5, 5.41) is 1.46. The van der Waals surface area contributed by atoms with E-state index in [2.05, 4.69) is 25.9 Å². The highest BCUT2D eigenvalue weighted by Gasteiger charge is 2.02. The molecule has 2 aromatic heterocycles. The van der Waals surface area contributed by atoms with Crippen molar-refractivity contribution >= 4 is 39.5 Å². The average molecular weight is 391 g/mol. The smallest absolute Gasteiger partial charge is 0.268 e. The van der Waals surface area contributed by atoms with Crippen molar-refractivity contribution in [3.63, 3.8) is 0 Å². The Morgan fingerprint density at radius 2 is 1.62 bits per heavy atom. The monoisotopic (exact) mass is 390 g/mol. The van der Waals surface area contributed by atoms with Gasteiger partial charge in [-0.1, -0.05) is 23.5 Å². The lowest BCUT2D eigenvalue weighted by atomic mass is 10.6. The van der Waals surface area contributed by atoms with Gasteiger partial charge in [0.25, 0.3) is 11.1 Å². The van der Waals surface area contributed by atoms with Crippen LogP contribution in [0.2, 0.25) is 0 Å². The fraction of sp³-hybridized carbons (Fsp3) is 0.333. The molecule has 2 rings (SSSR count). The molecule has 0 aromatic carbocycles. The molecule has 0 spiro atoms. The Bertz CT molecular complexity index is 730. The first-order valence-electron chi connectivity index (χ1n) is 5.74. The van der Waals surface area contributed by atoms with E-state index in [0.29, 0.717) is 4.47 Å². The van der Waals surface area contributed by atoms with E-state index in [9.17, 15) is 9.59 Å². The van der Waals surface area contributed by atoms with Crippen LogP contribution in [0.15, 0.2) is 42.8 Å². The minimum atomic E-state index is -0.0515. The maximum Gasteiger partial charge on any atom is 0.268 e. The molecule has 0 radical (unpaired) electrons. The van der Waals surface area contributed by atoms with Crippen molar-refractivity contribution in [1.29, 1.82) is 0 Å². The van der Waals surface area contributed by atoms with Gasteiger partial charge in [0, 0.05) is 32.6 Å². The Balaban J connectivity index is 0.000000211. The summed E-state index contributed by atoms with van der Waals surface area (Å²) in [5.41, 5.74) is -0.0660. The fourth-order valence-electron chi connectivity index (χ4n) is 1.34. The number of hydrogen-bond acceptors (Lipinski definition) is 6. The van der Waals surface area contributed by atoms with Crippen LogP contribution in [0.25, 0.3) is 0 Å². The zero-order valence-electron chi connectivity index (χ0n) is 12.0. The van der Waals surface area contributed by atoms with Crippen molar-refractivity contribution in [2.75, 3.05) is 12.5 Å². The van der Waals surface area contributed by atoms with E-state index in [1.54, 1.807) is 14.1 Å². The minimum absolute atomic E-state index is 0.0145. The van der Waals surface area contributed by atoms with Crippen LogP contribution in [-0.2, 0) is 14.1 Å². The van der Waals surface area contributed by atoms with E-state index in [-0.39, 0.29) is 11.1 Å². The zero-order chi connectivity index (χ0) is 16.0. The molecule has 21 heavy (non-hydrogen) atoms. The zero-order valence-corrected chi connectivity index (χ0v) is 15.3. The van der Waals surface area contributed by atoms with Crippen molar-refractivity contribution in [3.8, 4) is 0 Å². The van der Waals surface area contributed by atoms with Crippen LogP contribution >= 0.6 is 39.5 Å². The van der Waals surface area contributed by atoms with Crippen LogP contribution in [0, 0.1) is 0 Å². The second-order valence-corrected chi connectivity index (χ2v) is 6.19. The summed E-state index contributed by atoms with van der Waals surface area (Å²) < 4.78 is 3.53. The second-order valence-electron chi connectivity index (χ2n) is 3.79. The first-order chi connectivity index (χ1) is 9.92. The summed E-state index contributed by atoms with van der Waals surface area (Å²) in [4.78, 5) is 30.1. The maximum absolute atomic E-state index is 11.2. The Kier molecular flexibility index (Phi) is 7.20. The second kappa shape index (κ2) is 8.40. The third-order valence-corrected chi connectivity index (χ3v) is 4.50. The van der Waals surface area contributed by atoms with Gasteiger partial charge < -0.3 is 0 Å². The fourth-order valence-corrected chi connectivity index (χ4v) is 2.75. The summed E-state index contributed by atoms with van der Waals surface area (Å²) in [7, 11) is 3.41. The molecule has 0 aliphatic rings. The standard InChI is InChI=1S/C6H7BrN2OS.C6H8N2OS/c1-9-5(10)4(7)3-8-6(9)11-2;1-8-5(9)3-4-7-6(8)10-2/h3H,1-2H3;3-4H,1-2H3. The molecule has 0 N–H and O–H groups in total. The van der Waals surface area contributed by atoms with Crippen LogP contribution in [0.5, 0.6) is 0 Å². The highest BCUT2D eigenvalue weighted by Crippen LogP contribution is 2.09. The lowest BCUT2D eigenvalue weighted by Gasteiger charge is -2.02. The van der Waals surface area contributed by atoms with Gasteiger partial charge in [-0.05, 0) is 28.4 Å². The highest BCUT2D eigenvalue weighted by molar-refractivity contribution is 9.10. The molecule has 6 nitrogen and oxygen atoms in total. The molecule has 0 aliphatic carbocycles. The number of aromatic nitrogens is 4. The molecule has 0 aliphatic heterocycles. The molecule has 2 heterocycles. The third kappa shape index (κ3) is 4.72. The molecular weight excluding hydrogens is 376 g/mol. The van der Waals surface area contributed by atoms with Crippen LogP contribution in [-0.4, -0.2) is 31.6 Å². The quantitative estimate of drug-likeness (QED) is 0.574. The normalized spacial score (nSPS) is 9.95.